The van der Waals surface area contributed by atoms with E-state index in [2.05, 4.69) is 35.6 Å². The molecule has 0 spiro atoms. The van der Waals surface area contributed by atoms with Crippen LogP contribution in [0.15, 0.2) is 91.0 Å². The average molecular weight is 623 g/mol. The molecule has 0 fully saturated rings. The smallest absolute Gasteiger partial charge is 0.490 e. The molecule has 1 aliphatic rings. The molecule has 0 radical (unpaired) electrons. The number of nitrogens with zero attached hydrogens (tertiary/aromatic N) is 1. The molecule has 5 rings (SSSR count). The van der Waals surface area contributed by atoms with Crippen molar-refractivity contribution in [2.45, 2.75) is 44.4 Å². The van der Waals surface area contributed by atoms with Crippen LogP contribution in [0, 0.1) is 0 Å². The van der Waals surface area contributed by atoms with E-state index in [1.54, 1.807) is 0 Å². The Hall–Kier alpha value is -4.90. The minimum absolute atomic E-state index is 0.501. The molecule has 8 nitrogen and oxygen atoms in total. The highest BCUT2D eigenvalue weighted by Crippen LogP contribution is 2.29. The molecule has 1 aliphatic heterocycles. The number of carbonyl (C=O) groups is 2. The predicted molar refractivity (Wildman–Crippen MR) is 162 cm³/mol. The fourth-order valence-electron chi connectivity index (χ4n) is 4.64. The van der Waals surface area contributed by atoms with Gasteiger partial charge >= 0.3 is 18.1 Å². The first-order valence-corrected chi connectivity index (χ1v) is 14.4. The number of carboxylic acid groups (broad SMARTS) is 2. The zero-order valence-electron chi connectivity index (χ0n) is 24.3. The number of nitrogens with one attached hydrogen (secondary N) is 1. The number of hydrogen-bond donors (Lipinski definition) is 3. The van der Waals surface area contributed by atoms with Crippen LogP contribution in [-0.2, 0) is 22.6 Å². The number of aromatic nitrogens is 1. The lowest BCUT2D eigenvalue weighted by molar-refractivity contribution is -0.192. The van der Waals surface area contributed by atoms with Gasteiger partial charge in [-0.1, -0.05) is 66.7 Å². The van der Waals surface area contributed by atoms with Crippen LogP contribution < -0.4 is 14.8 Å². The molecule has 3 aromatic carbocycles. The maximum atomic E-state index is 11.2. The number of hydrogen-bond acceptors (Lipinski definition) is 6. The zero-order valence-corrected chi connectivity index (χ0v) is 24.3. The van der Waals surface area contributed by atoms with Gasteiger partial charge in [0.05, 0.1) is 18.9 Å². The lowest BCUT2D eigenvalue weighted by Gasteiger charge is -2.23. The summed E-state index contributed by atoms with van der Waals surface area (Å²) in [6, 6.07) is 30.0. The van der Waals surface area contributed by atoms with Crippen LogP contribution in [0.2, 0.25) is 0 Å². The Bertz CT molecular complexity index is 1510. The SMILES string of the molecule is O=C(O)C(F)(F)F.O=C(O)C1Cc2ccc(OCCCCCOc3cc(-c4ccccc4)cc(-c4ccccc4)n3)cc2CN1. The Kier molecular flexibility index (Phi) is 11.5. The van der Waals surface area contributed by atoms with Gasteiger partial charge < -0.3 is 25.0 Å². The zero-order chi connectivity index (χ0) is 32.2. The molecular weight excluding hydrogens is 589 g/mol. The fourth-order valence-corrected chi connectivity index (χ4v) is 4.64. The van der Waals surface area contributed by atoms with Gasteiger partial charge in [-0.05, 0) is 66.1 Å². The normalized spacial score (nSPS) is 14.0. The number of rotatable bonds is 11. The number of halogens is 3. The second kappa shape index (κ2) is 15.7. The molecule has 2 heterocycles. The van der Waals surface area contributed by atoms with Crippen molar-refractivity contribution in [1.82, 2.24) is 10.3 Å². The van der Waals surface area contributed by atoms with Gasteiger partial charge in [-0.3, -0.25) is 4.79 Å². The number of ether oxygens (including phenoxy) is 2. The molecule has 0 aliphatic carbocycles. The Labute approximate surface area is 258 Å². The largest absolute Gasteiger partial charge is 0.494 e. The van der Waals surface area contributed by atoms with Crippen LogP contribution in [0.4, 0.5) is 13.2 Å². The summed E-state index contributed by atoms with van der Waals surface area (Å²) in [5.41, 5.74) is 6.35. The quantitative estimate of drug-likeness (QED) is 0.157. The van der Waals surface area contributed by atoms with Crippen molar-refractivity contribution in [1.29, 1.82) is 0 Å². The number of unbranched alkanes of at least 4 members (excludes halogenated alkanes) is 2. The third-order valence-electron chi connectivity index (χ3n) is 6.97. The second-order valence-electron chi connectivity index (χ2n) is 10.3. The van der Waals surface area contributed by atoms with Gasteiger partial charge in [-0.15, -0.1) is 0 Å². The average Bonchev–Trinajstić information content (AvgIpc) is 3.04. The van der Waals surface area contributed by atoms with Crippen LogP contribution in [-0.4, -0.2) is 52.6 Å². The maximum absolute atomic E-state index is 11.2. The molecule has 3 N–H and O–H groups in total. The van der Waals surface area contributed by atoms with E-state index in [0.29, 0.717) is 32.1 Å². The first-order valence-electron chi connectivity index (χ1n) is 14.4. The third kappa shape index (κ3) is 10.1. The molecule has 4 aromatic rings. The Balaban J connectivity index is 0.000000591. The molecule has 1 atom stereocenters. The minimum Gasteiger partial charge on any atom is -0.494 e. The molecular formula is C34H33F3N2O6. The summed E-state index contributed by atoms with van der Waals surface area (Å²) in [5, 5.41) is 19.4. The van der Waals surface area contributed by atoms with Gasteiger partial charge in [-0.25, -0.2) is 9.78 Å². The number of carboxylic acids is 2. The molecule has 0 amide bonds. The highest BCUT2D eigenvalue weighted by atomic mass is 19.4. The van der Waals surface area contributed by atoms with Crippen molar-refractivity contribution in [3.63, 3.8) is 0 Å². The van der Waals surface area contributed by atoms with E-state index in [9.17, 15) is 23.1 Å². The molecule has 236 valence electrons. The molecule has 11 heteroatoms. The monoisotopic (exact) mass is 622 g/mol. The van der Waals surface area contributed by atoms with Crippen molar-refractivity contribution < 1.29 is 42.4 Å². The second-order valence-corrected chi connectivity index (χ2v) is 10.3. The summed E-state index contributed by atoms with van der Waals surface area (Å²) in [6.45, 7) is 1.77. The van der Waals surface area contributed by atoms with Crippen LogP contribution >= 0.6 is 0 Å². The van der Waals surface area contributed by atoms with Crippen molar-refractivity contribution in [3.05, 3.63) is 102 Å². The first kappa shape index (κ1) is 33.0. The first-order chi connectivity index (χ1) is 21.6. The Morgan fingerprint density at radius 2 is 1.40 bits per heavy atom. The molecule has 1 unspecified atom stereocenters. The van der Waals surface area contributed by atoms with Gasteiger partial charge in [0.25, 0.3) is 0 Å². The Morgan fingerprint density at radius 1 is 0.778 bits per heavy atom. The maximum Gasteiger partial charge on any atom is 0.490 e. The summed E-state index contributed by atoms with van der Waals surface area (Å²) in [6.07, 6.45) is -1.77. The number of benzene rings is 3. The highest BCUT2D eigenvalue weighted by Gasteiger charge is 2.38. The van der Waals surface area contributed by atoms with E-state index < -0.39 is 24.2 Å². The molecule has 0 saturated heterocycles. The number of pyridine rings is 1. The number of alkyl halides is 3. The van der Waals surface area contributed by atoms with E-state index in [1.165, 1.54) is 0 Å². The van der Waals surface area contributed by atoms with Gasteiger partial charge in [0.2, 0.25) is 5.88 Å². The third-order valence-corrected chi connectivity index (χ3v) is 6.97. The Morgan fingerprint density at radius 3 is 2.02 bits per heavy atom. The van der Waals surface area contributed by atoms with E-state index in [1.807, 2.05) is 60.7 Å². The standard InChI is InChI=1S/C32H32N2O4.C2HF3O2/c35-32(36)30-19-25-14-15-28(18-27(25)22-33-30)37-16-8-3-9-17-38-31-21-26(23-10-4-1-5-11-23)20-29(34-31)24-12-6-2-7-13-24;3-2(4,5)1(6)7/h1-2,4-7,10-15,18,20-21,30,33H,3,8-9,16-17,19,22H2,(H,35,36);(H,6,7). The van der Waals surface area contributed by atoms with Crippen LogP contribution in [0.5, 0.6) is 11.6 Å². The highest BCUT2D eigenvalue weighted by molar-refractivity contribution is 5.74. The van der Waals surface area contributed by atoms with Gasteiger partial charge in [0, 0.05) is 18.2 Å². The molecule has 0 saturated carbocycles. The topological polar surface area (TPSA) is 118 Å². The van der Waals surface area contributed by atoms with Crippen LogP contribution in [0.1, 0.15) is 30.4 Å². The van der Waals surface area contributed by atoms with Crippen molar-refractivity contribution in [3.8, 4) is 34.0 Å². The van der Waals surface area contributed by atoms with Gasteiger partial charge in [-0.2, -0.15) is 13.2 Å². The van der Waals surface area contributed by atoms with Crippen molar-refractivity contribution >= 4 is 11.9 Å². The van der Waals surface area contributed by atoms with Crippen molar-refractivity contribution in [2.24, 2.45) is 0 Å². The van der Waals surface area contributed by atoms with Crippen molar-refractivity contribution in [2.75, 3.05) is 13.2 Å². The summed E-state index contributed by atoms with van der Waals surface area (Å²) in [7, 11) is 0. The number of fused-ring (bicyclic) bond motifs is 1. The van der Waals surface area contributed by atoms with E-state index in [4.69, 9.17) is 24.4 Å². The summed E-state index contributed by atoms with van der Waals surface area (Å²) >= 11 is 0. The van der Waals surface area contributed by atoms with Crippen LogP contribution in [0.3, 0.4) is 0 Å². The van der Waals surface area contributed by atoms with E-state index in [0.717, 1.165) is 58.5 Å². The summed E-state index contributed by atoms with van der Waals surface area (Å²) in [5.74, 6) is -2.11. The lowest BCUT2D eigenvalue weighted by Crippen LogP contribution is -2.41. The predicted octanol–water partition coefficient (Wildman–Crippen LogP) is 6.78. The van der Waals surface area contributed by atoms with E-state index in [-0.39, 0.29) is 0 Å². The number of aliphatic carboxylic acids is 2. The molecule has 0 bridgehead atoms. The molecule has 1 aromatic heterocycles. The van der Waals surface area contributed by atoms with Gasteiger partial charge in [0.1, 0.15) is 11.8 Å². The van der Waals surface area contributed by atoms with E-state index >= 15 is 0 Å². The van der Waals surface area contributed by atoms with Crippen LogP contribution in [0.25, 0.3) is 22.4 Å². The summed E-state index contributed by atoms with van der Waals surface area (Å²) in [4.78, 5) is 24.9. The fraction of sp³-hybridized carbons (Fsp3) is 0.265. The molecule has 45 heavy (non-hydrogen) atoms. The minimum atomic E-state index is -5.08. The lowest BCUT2D eigenvalue weighted by atomic mass is 9.96. The van der Waals surface area contributed by atoms with Gasteiger partial charge in [0.15, 0.2) is 0 Å². The summed E-state index contributed by atoms with van der Waals surface area (Å²) < 4.78 is 43.8.